The average molecular weight is 452 g/mol. The van der Waals surface area contributed by atoms with Gasteiger partial charge in [-0.2, -0.15) is 0 Å². The van der Waals surface area contributed by atoms with Crippen LogP contribution in [0.2, 0.25) is 0 Å². The standard InChI is InChI=1S/C28H37NO2S/c1-21(2)28(23-17-19-29(20-18-23)24-7-5-4-6-8-24)22-9-13-26(14-10-22)32(30)27-15-11-25(31-3)12-16-27/h9-16,23-24H,4-8,17-20H2,1-3H3. The molecule has 1 aliphatic heterocycles. The second-order valence-corrected chi connectivity index (χ2v) is 11.0. The first kappa shape index (κ1) is 23.3. The Labute approximate surface area is 196 Å². The molecule has 2 aromatic rings. The van der Waals surface area contributed by atoms with E-state index < -0.39 is 10.8 Å². The SMILES string of the molecule is COc1ccc(S(=O)c2ccc(C(=C(C)C)C3CCN(C4CCCCC4)CC3)cc2)cc1. The number of piperidine rings is 1. The molecule has 0 amide bonds. The van der Waals surface area contributed by atoms with Crippen molar-refractivity contribution in [3.63, 3.8) is 0 Å². The van der Waals surface area contributed by atoms with E-state index >= 15 is 0 Å². The third kappa shape index (κ3) is 5.35. The Bertz CT molecular complexity index is 930. The van der Waals surface area contributed by atoms with E-state index in [1.165, 1.54) is 74.7 Å². The van der Waals surface area contributed by atoms with Crippen LogP contribution in [0, 0.1) is 5.92 Å². The van der Waals surface area contributed by atoms with E-state index in [-0.39, 0.29) is 0 Å². The first-order valence-electron chi connectivity index (χ1n) is 12.1. The first-order chi connectivity index (χ1) is 15.6. The molecule has 2 fully saturated rings. The summed E-state index contributed by atoms with van der Waals surface area (Å²) in [5.41, 5.74) is 4.19. The van der Waals surface area contributed by atoms with Gasteiger partial charge in [0.15, 0.2) is 0 Å². The van der Waals surface area contributed by atoms with Gasteiger partial charge in [-0.1, -0.05) is 37.0 Å². The Morgan fingerprint density at radius 2 is 1.41 bits per heavy atom. The quantitative estimate of drug-likeness (QED) is 0.489. The minimum Gasteiger partial charge on any atom is -0.497 e. The van der Waals surface area contributed by atoms with Gasteiger partial charge in [0.25, 0.3) is 0 Å². The lowest BCUT2D eigenvalue weighted by molar-refractivity contribution is 0.118. The second kappa shape index (κ2) is 10.8. The molecule has 0 radical (unpaired) electrons. The molecule has 2 aromatic carbocycles. The summed E-state index contributed by atoms with van der Waals surface area (Å²) in [6.07, 6.45) is 9.53. The summed E-state index contributed by atoms with van der Waals surface area (Å²) in [6.45, 7) is 6.94. The van der Waals surface area contributed by atoms with Crippen LogP contribution in [-0.4, -0.2) is 35.3 Å². The van der Waals surface area contributed by atoms with Gasteiger partial charge in [0.05, 0.1) is 17.9 Å². The summed E-state index contributed by atoms with van der Waals surface area (Å²) in [5, 5.41) is 0. The summed E-state index contributed by atoms with van der Waals surface area (Å²) in [5.74, 6) is 1.40. The van der Waals surface area contributed by atoms with E-state index in [1.54, 1.807) is 7.11 Å². The Kier molecular flexibility index (Phi) is 7.85. The molecule has 1 unspecified atom stereocenters. The fourth-order valence-corrected chi connectivity index (χ4v) is 6.56. The van der Waals surface area contributed by atoms with Crippen molar-refractivity contribution < 1.29 is 8.95 Å². The molecule has 0 aromatic heterocycles. The minimum atomic E-state index is -1.18. The fraction of sp³-hybridized carbons (Fsp3) is 0.500. The van der Waals surface area contributed by atoms with Crippen molar-refractivity contribution in [3.05, 3.63) is 59.7 Å². The predicted octanol–water partition coefficient (Wildman–Crippen LogP) is 6.70. The number of benzene rings is 2. The lowest BCUT2D eigenvalue weighted by Gasteiger charge is -2.40. The molecular formula is C28H37NO2S. The number of methoxy groups -OCH3 is 1. The zero-order chi connectivity index (χ0) is 22.5. The van der Waals surface area contributed by atoms with E-state index in [9.17, 15) is 4.21 Å². The van der Waals surface area contributed by atoms with Crippen molar-refractivity contribution in [2.75, 3.05) is 20.2 Å². The van der Waals surface area contributed by atoms with Gasteiger partial charge in [-0.05, 0) is 106 Å². The highest BCUT2D eigenvalue weighted by molar-refractivity contribution is 7.85. The Hall–Kier alpha value is -1.91. The fourth-order valence-electron chi connectivity index (χ4n) is 5.53. The van der Waals surface area contributed by atoms with Gasteiger partial charge in [-0.25, -0.2) is 4.21 Å². The number of hydrogen-bond acceptors (Lipinski definition) is 3. The van der Waals surface area contributed by atoms with Crippen LogP contribution in [0.4, 0.5) is 0 Å². The molecule has 1 heterocycles. The van der Waals surface area contributed by atoms with Crippen LogP contribution in [0.5, 0.6) is 5.75 Å². The van der Waals surface area contributed by atoms with Crippen molar-refractivity contribution in [2.45, 2.75) is 74.6 Å². The highest BCUT2D eigenvalue weighted by Gasteiger charge is 2.28. The predicted molar refractivity (Wildman–Crippen MR) is 134 cm³/mol. The lowest BCUT2D eigenvalue weighted by Crippen LogP contribution is -2.42. The summed E-state index contributed by atoms with van der Waals surface area (Å²) in [7, 11) is 0.464. The highest BCUT2D eigenvalue weighted by atomic mass is 32.2. The van der Waals surface area contributed by atoms with Crippen LogP contribution in [-0.2, 0) is 10.8 Å². The van der Waals surface area contributed by atoms with Crippen molar-refractivity contribution in [3.8, 4) is 5.75 Å². The van der Waals surface area contributed by atoms with Crippen LogP contribution in [0.25, 0.3) is 5.57 Å². The van der Waals surface area contributed by atoms with Crippen LogP contribution in [0.15, 0.2) is 63.9 Å². The Morgan fingerprint density at radius 1 is 0.844 bits per heavy atom. The Morgan fingerprint density at radius 3 is 1.94 bits per heavy atom. The third-order valence-electron chi connectivity index (χ3n) is 7.22. The molecular weight excluding hydrogens is 414 g/mol. The van der Waals surface area contributed by atoms with Gasteiger partial charge in [0, 0.05) is 15.8 Å². The molecule has 3 nitrogen and oxygen atoms in total. The molecule has 1 saturated carbocycles. The smallest absolute Gasteiger partial charge is 0.118 e. The maximum Gasteiger partial charge on any atom is 0.118 e. The number of rotatable bonds is 6. The zero-order valence-corrected chi connectivity index (χ0v) is 20.6. The molecule has 1 aliphatic carbocycles. The van der Waals surface area contributed by atoms with Crippen LogP contribution >= 0.6 is 0 Å². The second-order valence-electron chi connectivity index (χ2n) is 9.48. The molecule has 2 aliphatic rings. The Balaban J connectivity index is 1.44. The molecule has 4 heteroatoms. The number of hydrogen-bond donors (Lipinski definition) is 0. The summed E-state index contributed by atoms with van der Waals surface area (Å²) < 4.78 is 18.2. The highest BCUT2D eigenvalue weighted by Crippen LogP contribution is 2.36. The summed E-state index contributed by atoms with van der Waals surface area (Å²) in [6, 6.07) is 16.7. The molecule has 1 saturated heterocycles. The van der Waals surface area contributed by atoms with Crippen LogP contribution < -0.4 is 4.74 Å². The van der Waals surface area contributed by atoms with E-state index in [0.717, 1.165) is 21.6 Å². The van der Waals surface area contributed by atoms with Crippen LogP contribution in [0.3, 0.4) is 0 Å². The van der Waals surface area contributed by atoms with Gasteiger partial charge in [-0.15, -0.1) is 0 Å². The summed E-state index contributed by atoms with van der Waals surface area (Å²) in [4.78, 5) is 4.41. The zero-order valence-electron chi connectivity index (χ0n) is 19.8. The molecule has 4 rings (SSSR count). The maximum absolute atomic E-state index is 13.0. The molecule has 32 heavy (non-hydrogen) atoms. The van der Waals surface area contributed by atoms with Gasteiger partial charge in [0.1, 0.15) is 5.75 Å². The van der Waals surface area contributed by atoms with E-state index in [2.05, 4.69) is 30.9 Å². The third-order valence-corrected chi connectivity index (χ3v) is 8.62. The van der Waals surface area contributed by atoms with E-state index in [0.29, 0.717) is 5.92 Å². The number of allylic oxidation sites excluding steroid dienone is 2. The average Bonchev–Trinajstić information content (AvgIpc) is 2.85. The van der Waals surface area contributed by atoms with Crippen molar-refractivity contribution in [2.24, 2.45) is 5.92 Å². The van der Waals surface area contributed by atoms with Crippen molar-refractivity contribution >= 4 is 16.4 Å². The van der Waals surface area contributed by atoms with Crippen LogP contribution in [0.1, 0.15) is 64.4 Å². The van der Waals surface area contributed by atoms with E-state index in [4.69, 9.17) is 4.74 Å². The number of nitrogens with zero attached hydrogens (tertiary/aromatic N) is 1. The lowest BCUT2D eigenvalue weighted by atomic mass is 9.82. The maximum atomic E-state index is 13.0. The molecule has 0 bridgehead atoms. The van der Waals surface area contributed by atoms with Crippen molar-refractivity contribution in [1.29, 1.82) is 0 Å². The van der Waals surface area contributed by atoms with Gasteiger partial charge in [0.2, 0.25) is 0 Å². The minimum absolute atomic E-state index is 0.623. The molecule has 1 atom stereocenters. The topological polar surface area (TPSA) is 29.5 Å². The van der Waals surface area contributed by atoms with Gasteiger partial charge < -0.3 is 9.64 Å². The normalized spacial score (nSPS) is 19.5. The largest absolute Gasteiger partial charge is 0.497 e. The summed E-state index contributed by atoms with van der Waals surface area (Å²) >= 11 is 0. The number of likely N-dealkylation sites (tertiary alicyclic amines) is 1. The van der Waals surface area contributed by atoms with E-state index in [1.807, 2.05) is 36.4 Å². The molecule has 172 valence electrons. The monoisotopic (exact) mass is 451 g/mol. The molecule has 0 spiro atoms. The number of ether oxygens (including phenoxy) is 1. The van der Waals surface area contributed by atoms with Gasteiger partial charge in [-0.3, -0.25) is 0 Å². The van der Waals surface area contributed by atoms with Gasteiger partial charge >= 0.3 is 0 Å². The van der Waals surface area contributed by atoms with Crippen molar-refractivity contribution in [1.82, 2.24) is 4.90 Å². The molecule has 0 N–H and O–H groups in total. The first-order valence-corrected chi connectivity index (χ1v) is 13.3.